The van der Waals surface area contributed by atoms with Crippen molar-refractivity contribution in [3.63, 3.8) is 0 Å². The van der Waals surface area contributed by atoms with Gasteiger partial charge in [0.2, 0.25) is 5.91 Å². The monoisotopic (exact) mass is 361 g/mol. The van der Waals surface area contributed by atoms with Crippen LogP contribution in [0.4, 0.5) is 5.69 Å². The molecule has 0 saturated heterocycles. The first-order valence-corrected chi connectivity index (χ1v) is 9.50. The van der Waals surface area contributed by atoms with Crippen LogP contribution in [0.5, 0.6) is 0 Å². The Balaban J connectivity index is 1.61. The second kappa shape index (κ2) is 7.14. The van der Waals surface area contributed by atoms with Crippen LogP contribution in [-0.2, 0) is 11.2 Å². The molecule has 0 atom stereocenters. The van der Waals surface area contributed by atoms with Gasteiger partial charge in [0, 0.05) is 35.1 Å². The highest BCUT2D eigenvalue weighted by Crippen LogP contribution is 2.24. The van der Waals surface area contributed by atoms with Gasteiger partial charge in [0.05, 0.1) is 12.1 Å². The molecular formula is C21H19N3OS. The maximum Gasteiger partial charge on any atom is 0.232 e. The number of fused-ring (bicyclic) bond motifs is 1. The average molecular weight is 361 g/mol. The van der Waals surface area contributed by atoms with E-state index in [1.807, 2.05) is 88.5 Å². The van der Waals surface area contributed by atoms with E-state index in [0.717, 1.165) is 27.6 Å². The fourth-order valence-corrected chi connectivity index (χ4v) is 3.94. The largest absolute Gasteiger partial charge is 0.312 e. The average Bonchev–Trinajstić information content (AvgIpc) is 3.26. The van der Waals surface area contributed by atoms with Crippen LogP contribution in [0.2, 0.25) is 0 Å². The molecule has 0 fully saturated rings. The summed E-state index contributed by atoms with van der Waals surface area (Å²) in [4.78, 5) is 20.3. The first-order valence-electron chi connectivity index (χ1n) is 8.62. The van der Waals surface area contributed by atoms with E-state index in [2.05, 4.69) is 0 Å². The zero-order chi connectivity index (χ0) is 17.9. The molecule has 0 aliphatic rings. The predicted octanol–water partition coefficient (Wildman–Crippen LogP) is 4.66. The molecule has 0 aliphatic carbocycles. The molecule has 0 spiro atoms. The van der Waals surface area contributed by atoms with Crippen LogP contribution in [0.25, 0.3) is 16.2 Å². The lowest BCUT2D eigenvalue weighted by molar-refractivity contribution is -0.118. The van der Waals surface area contributed by atoms with Crippen molar-refractivity contribution in [2.24, 2.45) is 0 Å². The number of carbonyl (C=O) groups excluding carboxylic acids is 1. The zero-order valence-corrected chi connectivity index (χ0v) is 15.3. The van der Waals surface area contributed by atoms with Crippen molar-refractivity contribution in [2.45, 2.75) is 13.3 Å². The van der Waals surface area contributed by atoms with Gasteiger partial charge in [-0.15, -0.1) is 11.3 Å². The Morgan fingerprint density at radius 2 is 1.77 bits per heavy atom. The molecule has 0 N–H and O–H groups in total. The van der Waals surface area contributed by atoms with Gasteiger partial charge in [0.25, 0.3) is 0 Å². The Kier molecular flexibility index (Phi) is 4.54. The van der Waals surface area contributed by atoms with Crippen LogP contribution in [-0.4, -0.2) is 21.8 Å². The number of aromatic nitrogens is 2. The standard InChI is InChI=1S/C21H19N3OS/c1-2-23(17-11-7-4-8-12-17)20(25)13-18-15-26-21-22-19(14-24(18)21)16-9-5-3-6-10-16/h3-12,14-15H,2,13H2,1H3. The number of likely N-dealkylation sites (N-methyl/N-ethyl adjacent to an activating group) is 1. The van der Waals surface area contributed by atoms with E-state index in [1.54, 1.807) is 11.3 Å². The molecule has 0 aliphatic heterocycles. The molecule has 0 bridgehead atoms. The maximum absolute atomic E-state index is 12.9. The van der Waals surface area contributed by atoms with Crippen molar-refractivity contribution >= 4 is 27.9 Å². The maximum atomic E-state index is 12.9. The normalized spacial score (nSPS) is 11.0. The molecule has 26 heavy (non-hydrogen) atoms. The van der Waals surface area contributed by atoms with Gasteiger partial charge in [0.1, 0.15) is 0 Å². The number of rotatable bonds is 5. The van der Waals surface area contributed by atoms with Gasteiger partial charge < -0.3 is 4.90 Å². The van der Waals surface area contributed by atoms with Crippen LogP contribution >= 0.6 is 11.3 Å². The molecule has 0 radical (unpaired) electrons. The predicted molar refractivity (Wildman–Crippen MR) is 107 cm³/mol. The van der Waals surface area contributed by atoms with Crippen LogP contribution in [0.3, 0.4) is 0 Å². The molecular weight excluding hydrogens is 342 g/mol. The number of benzene rings is 2. The fraction of sp³-hybridized carbons (Fsp3) is 0.143. The van der Waals surface area contributed by atoms with Gasteiger partial charge in [-0.25, -0.2) is 4.98 Å². The topological polar surface area (TPSA) is 37.6 Å². The van der Waals surface area contributed by atoms with E-state index in [4.69, 9.17) is 4.98 Å². The Bertz CT molecular complexity index is 1020. The van der Waals surface area contributed by atoms with Crippen LogP contribution in [0.1, 0.15) is 12.6 Å². The summed E-state index contributed by atoms with van der Waals surface area (Å²) in [6.45, 7) is 2.65. The number of thiazole rings is 1. The summed E-state index contributed by atoms with van der Waals surface area (Å²) in [5, 5.41) is 2.02. The summed E-state index contributed by atoms with van der Waals surface area (Å²) in [7, 11) is 0. The summed E-state index contributed by atoms with van der Waals surface area (Å²) in [5.41, 5.74) is 3.92. The van der Waals surface area contributed by atoms with Gasteiger partial charge in [0.15, 0.2) is 4.96 Å². The first-order chi connectivity index (χ1) is 12.8. The van der Waals surface area contributed by atoms with Gasteiger partial charge >= 0.3 is 0 Å². The van der Waals surface area contributed by atoms with Gasteiger partial charge in [-0.2, -0.15) is 0 Å². The van der Waals surface area contributed by atoms with Crippen molar-refractivity contribution in [2.75, 3.05) is 11.4 Å². The van der Waals surface area contributed by atoms with Gasteiger partial charge in [-0.3, -0.25) is 9.20 Å². The lowest BCUT2D eigenvalue weighted by Crippen LogP contribution is -2.32. The van der Waals surface area contributed by atoms with Crippen LogP contribution in [0, 0.1) is 0 Å². The molecule has 4 rings (SSSR count). The molecule has 5 heteroatoms. The number of nitrogens with zero attached hydrogens (tertiary/aromatic N) is 3. The molecule has 130 valence electrons. The van der Waals surface area contributed by atoms with E-state index in [1.165, 1.54) is 0 Å². The highest BCUT2D eigenvalue weighted by Gasteiger charge is 2.17. The molecule has 0 unspecified atom stereocenters. The second-order valence-corrected chi connectivity index (χ2v) is 6.86. The molecule has 2 heterocycles. The summed E-state index contributed by atoms with van der Waals surface area (Å²) < 4.78 is 2.03. The molecule has 0 saturated carbocycles. The number of amides is 1. The summed E-state index contributed by atoms with van der Waals surface area (Å²) in [6.07, 6.45) is 2.37. The van der Waals surface area contributed by atoms with Crippen LogP contribution < -0.4 is 4.90 Å². The lowest BCUT2D eigenvalue weighted by Gasteiger charge is -2.20. The van der Waals surface area contributed by atoms with Crippen molar-refractivity contribution in [1.29, 1.82) is 0 Å². The quantitative estimate of drug-likeness (QED) is 0.518. The molecule has 1 amide bonds. The number of hydrogen-bond donors (Lipinski definition) is 0. The third-order valence-corrected chi connectivity index (χ3v) is 5.26. The zero-order valence-electron chi connectivity index (χ0n) is 14.5. The van der Waals surface area contributed by atoms with Gasteiger partial charge in [-0.05, 0) is 19.1 Å². The highest BCUT2D eigenvalue weighted by molar-refractivity contribution is 7.15. The van der Waals surface area contributed by atoms with E-state index < -0.39 is 0 Å². The molecule has 2 aromatic heterocycles. The van der Waals surface area contributed by atoms with E-state index in [9.17, 15) is 4.79 Å². The highest BCUT2D eigenvalue weighted by atomic mass is 32.1. The smallest absolute Gasteiger partial charge is 0.232 e. The van der Waals surface area contributed by atoms with Crippen molar-refractivity contribution in [3.8, 4) is 11.3 Å². The third-order valence-electron chi connectivity index (χ3n) is 4.37. The van der Waals surface area contributed by atoms with E-state index >= 15 is 0 Å². The Morgan fingerprint density at radius 3 is 2.46 bits per heavy atom. The number of imidazole rings is 1. The van der Waals surface area contributed by atoms with E-state index in [-0.39, 0.29) is 5.91 Å². The number of hydrogen-bond acceptors (Lipinski definition) is 3. The number of carbonyl (C=O) groups is 1. The fourth-order valence-electron chi connectivity index (χ4n) is 3.07. The summed E-state index contributed by atoms with van der Waals surface area (Å²) in [5.74, 6) is 0.0911. The second-order valence-electron chi connectivity index (χ2n) is 6.02. The van der Waals surface area contributed by atoms with Gasteiger partial charge in [-0.1, -0.05) is 48.5 Å². The van der Waals surface area contributed by atoms with E-state index in [0.29, 0.717) is 13.0 Å². The Hall–Kier alpha value is -2.92. The summed E-state index contributed by atoms with van der Waals surface area (Å²) in [6, 6.07) is 19.9. The summed E-state index contributed by atoms with van der Waals surface area (Å²) >= 11 is 1.57. The van der Waals surface area contributed by atoms with Crippen molar-refractivity contribution in [1.82, 2.24) is 9.38 Å². The number of para-hydroxylation sites is 1. The SMILES string of the molecule is CCN(C(=O)Cc1csc2nc(-c3ccccc3)cn12)c1ccccc1. The number of anilines is 1. The Morgan fingerprint density at radius 1 is 1.08 bits per heavy atom. The Labute approximate surface area is 156 Å². The minimum atomic E-state index is 0.0911. The molecule has 4 nitrogen and oxygen atoms in total. The van der Waals surface area contributed by atoms with Crippen molar-refractivity contribution < 1.29 is 4.79 Å². The molecule has 4 aromatic rings. The minimum absolute atomic E-state index is 0.0911. The lowest BCUT2D eigenvalue weighted by atomic mass is 10.2. The minimum Gasteiger partial charge on any atom is -0.312 e. The molecule has 2 aromatic carbocycles. The first kappa shape index (κ1) is 16.5. The third kappa shape index (κ3) is 3.13. The van der Waals surface area contributed by atoms with Crippen LogP contribution in [0.15, 0.2) is 72.2 Å². The van der Waals surface area contributed by atoms with Crippen molar-refractivity contribution in [3.05, 3.63) is 77.9 Å².